The van der Waals surface area contributed by atoms with Gasteiger partial charge in [-0.05, 0) is 24.3 Å². The van der Waals surface area contributed by atoms with Crippen LogP contribution in [0, 0.1) is 0 Å². The normalized spacial score (nSPS) is 13.5. The van der Waals surface area contributed by atoms with Crippen LogP contribution in [-0.4, -0.2) is 36.2 Å². The molecule has 1 aromatic heterocycles. The average Bonchev–Trinajstić information content (AvgIpc) is 3.34. The van der Waals surface area contributed by atoms with Gasteiger partial charge in [-0.25, -0.2) is 0 Å². The van der Waals surface area contributed by atoms with Crippen LogP contribution >= 0.6 is 0 Å². The lowest BCUT2D eigenvalue weighted by Crippen LogP contribution is -2.19. The monoisotopic (exact) mass is 320 g/mol. The highest BCUT2D eigenvalue weighted by Crippen LogP contribution is 2.24. The summed E-state index contributed by atoms with van der Waals surface area (Å²) in [5.74, 6) is 2.78. The maximum absolute atomic E-state index is 5.37. The molecule has 24 heavy (non-hydrogen) atoms. The van der Waals surface area contributed by atoms with Crippen LogP contribution in [0.15, 0.2) is 58.0 Å². The standard InChI is InChI=1S/C18H16N4O2/c1-23-15-8-6-14(7-9-15)18-21-17(22-24-18)13-4-2-12(3-5-13)16-19-10-11-20-16/h2-9H,10-11H2,1H3,(H,19,20). The number of benzene rings is 2. The maximum atomic E-state index is 5.37. The molecule has 0 unspecified atom stereocenters. The van der Waals surface area contributed by atoms with Gasteiger partial charge in [0.15, 0.2) is 0 Å². The fourth-order valence-corrected chi connectivity index (χ4v) is 2.56. The smallest absolute Gasteiger partial charge is 0.258 e. The van der Waals surface area contributed by atoms with Crippen LogP contribution in [0.3, 0.4) is 0 Å². The van der Waals surface area contributed by atoms with Gasteiger partial charge in [-0.2, -0.15) is 4.98 Å². The van der Waals surface area contributed by atoms with Crippen LogP contribution in [0.2, 0.25) is 0 Å². The lowest BCUT2D eigenvalue weighted by atomic mass is 10.1. The van der Waals surface area contributed by atoms with Crippen molar-refractivity contribution in [1.82, 2.24) is 15.5 Å². The fourth-order valence-electron chi connectivity index (χ4n) is 2.56. The van der Waals surface area contributed by atoms with Crippen LogP contribution in [0.25, 0.3) is 22.8 Å². The Hall–Kier alpha value is -3.15. The third kappa shape index (κ3) is 2.74. The summed E-state index contributed by atoms with van der Waals surface area (Å²) in [6.07, 6.45) is 0. The molecule has 1 aliphatic heterocycles. The third-order valence-electron chi connectivity index (χ3n) is 3.85. The molecule has 4 rings (SSSR count). The number of rotatable bonds is 4. The van der Waals surface area contributed by atoms with Crippen molar-refractivity contribution in [2.75, 3.05) is 20.2 Å². The van der Waals surface area contributed by atoms with Gasteiger partial charge in [-0.3, -0.25) is 4.99 Å². The minimum atomic E-state index is 0.485. The summed E-state index contributed by atoms with van der Waals surface area (Å²) in [7, 11) is 1.64. The molecule has 2 heterocycles. The van der Waals surface area contributed by atoms with Crippen molar-refractivity contribution in [3.63, 3.8) is 0 Å². The van der Waals surface area contributed by atoms with Gasteiger partial charge in [0.05, 0.1) is 13.7 Å². The summed E-state index contributed by atoms with van der Waals surface area (Å²) in [4.78, 5) is 8.88. The maximum Gasteiger partial charge on any atom is 0.258 e. The molecule has 3 aromatic rings. The summed E-state index contributed by atoms with van der Waals surface area (Å²) in [5.41, 5.74) is 2.83. The molecule has 0 spiro atoms. The molecule has 0 saturated heterocycles. The van der Waals surface area contributed by atoms with E-state index >= 15 is 0 Å². The zero-order valence-corrected chi connectivity index (χ0v) is 13.2. The number of hydrogen-bond acceptors (Lipinski definition) is 6. The SMILES string of the molecule is COc1ccc(-c2nc(-c3ccc(C4=NCCN4)cc3)no2)cc1. The van der Waals surface area contributed by atoms with Gasteiger partial charge in [0.2, 0.25) is 5.82 Å². The highest BCUT2D eigenvalue weighted by Gasteiger charge is 2.12. The summed E-state index contributed by atoms with van der Waals surface area (Å²) in [6, 6.07) is 15.5. The van der Waals surface area contributed by atoms with E-state index in [0.29, 0.717) is 11.7 Å². The number of hydrogen-bond donors (Lipinski definition) is 1. The molecule has 0 bridgehead atoms. The molecule has 6 heteroatoms. The van der Waals surface area contributed by atoms with E-state index in [1.54, 1.807) is 7.11 Å². The predicted octanol–water partition coefficient (Wildman–Crippen LogP) is 2.76. The van der Waals surface area contributed by atoms with Crippen molar-refractivity contribution in [2.24, 2.45) is 4.99 Å². The van der Waals surface area contributed by atoms with Gasteiger partial charge in [0.25, 0.3) is 5.89 Å². The van der Waals surface area contributed by atoms with Gasteiger partial charge in [-0.1, -0.05) is 29.4 Å². The third-order valence-corrected chi connectivity index (χ3v) is 3.85. The lowest BCUT2D eigenvalue weighted by Gasteiger charge is -2.02. The minimum Gasteiger partial charge on any atom is -0.497 e. The zero-order valence-electron chi connectivity index (χ0n) is 13.2. The number of aliphatic imine (C=N–C) groups is 1. The van der Waals surface area contributed by atoms with Crippen LogP contribution in [0.1, 0.15) is 5.56 Å². The van der Waals surface area contributed by atoms with E-state index in [2.05, 4.69) is 20.4 Å². The molecule has 0 atom stereocenters. The van der Waals surface area contributed by atoms with Crippen LogP contribution in [0.4, 0.5) is 0 Å². The first-order valence-electron chi connectivity index (χ1n) is 7.71. The Morgan fingerprint density at radius 1 is 0.958 bits per heavy atom. The van der Waals surface area contributed by atoms with Crippen LogP contribution < -0.4 is 10.1 Å². The molecule has 2 aromatic carbocycles. The molecular formula is C18H16N4O2. The van der Waals surface area contributed by atoms with Gasteiger partial charge in [0.1, 0.15) is 11.6 Å². The molecular weight excluding hydrogens is 304 g/mol. The molecule has 1 aliphatic rings. The average molecular weight is 320 g/mol. The second kappa shape index (κ2) is 6.16. The van der Waals surface area contributed by atoms with Crippen molar-refractivity contribution in [2.45, 2.75) is 0 Å². The quantitative estimate of drug-likeness (QED) is 0.800. The topological polar surface area (TPSA) is 72.5 Å². The molecule has 6 nitrogen and oxygen atoms in total. The Morgan fingerprint density at radius 2 is 1.67 bits per heavy atom. The molecule has 120 valence electrons. The molecule has 0 amide bonds. The summed E-state index contributed by atoms with van der Waals surface area (Å²) >= 11 is 0. The number of aromatic nitrogens is 2. The first-order valence-corrected chi connectivity index (χ1v) is 7.71. The van der Waals surface area contributed by atoms with Gasteiger partial charge < -0.3 is 14.6 Å². The molecule has 0 saturated carbocycles. The number of methoxy groups -OCH3 is 1. The van der Waals surface area contributed by atoms with Crippen LogP contribution in [0.5, 0.6) is 5.75 Å². The molecule has 1 N–H and O–H groups in total. The minimum absolute atomic E-state index is 0.485. The van der Waals surface area contributed by atoms with E-state index in [0.717, 1.165) is 41.4 Å². The Kier molecular flexibility index (Phi) is 3.70. The molecule has 0 aliphatic carbocycles. The number of amidine groups is 1. The van der Waals surface area contributed by atoms with E-state index in [4.69, 9.17) is 9.26 Å². The first kappa shape index (κ1) is 14.4. The van der Waals surface area contributed by atoms with Gasteiger partial charge in [0, 0.05) is 23.2 Å². The Bertz CT molecular complexity index is 867. The van der Waals surface area contributed by atoms with Gasteiger partial charge in [-0.15, -0.1) is 0 Å². The van der Waals surface area contributed by atoms with E-state index in [1.807, 2.05) is 48.5 Å². The van der Waals surface area contributed by atoms with Crippen molar-refractivity contribution >= 4 is 5.84 Å². The Balaban J connectivity index is 1.57. The predicted molar refractivity (Wildman–Crippen MR) is 91.1 cm³/mol. The largest absolute Gasteiger partial charge is 0.497 e. The highest BCUT2D eigenvalue weighted by molar-refractivity contribution is 6.00. The number of nitrogens with zero attached hydrogens (tertiary/aromatic N) is 3. The lowest BCUT2D eigenvalue weighted by molar-refractivity contribution is 0.414. The number of nitrogens with one attached hydrogen (secondary N) is 1. The Labute approximate surface area is 139 Å². The van der Waals surface area contributed by atoms with E-state index in [-0.39, 0.29) is 0 Å². The van der Waals surface area contributed by atoms with Gasteiger partial charge >= 0.3 is 0 Å². The van der Waals surface area contributed by atoms with Crippen molar-refractivity contribution in [3.8, 4) is 28.6 Å². The van der Waals surface area contributed by atoms with Crippen molar-refractivity contribution in [3.05, 3.63) is 54.1 Å². The van der Waals surface area contributed by atoms with Crippen molar-refractivity contribution < 1.29 is 9.26 Å². The van der Waals surface area contributed by atoms with Crippen molar-refractivity contribution in [1.29, 1.82) is 0 Å². The second-order valence-electron chi connectivity index (χ2n) is 5.39. The second-order valence-corrected chi connectivity index (χ2v) is 5.39. The summed E-state index contributed by atoms with van der Waals surface area (Å²) < 4.78 is 10.5. The number of ether oxygens (including phenoxy) is 1. The summed E-state index contributed by atoms with van der Waals surface area (Å²) in [5, 5.41) is 7.33. The first-order chi connectivity index (χ1) is 11.8. The van der Waals surface area contributed by atoms with E-state index in [9.17, 15) is 0 Å². The Morgan fingerprint density at radius 3 is 2.33 bits per heavy atom. The molecule has 0 fully saturated rings. The van der Waals surface area contributed by atoms with Crippen LogP contribution in [-0.2, 0) is 0 Å². The zero-order chi connectivity index (χ0) is 16.4. The fraction of sp³-hybridized carbons (Fsp3) is 0.167. The summed E-state index contributed by atoms with van der Waals surface area (Å²) in [6.45, 7) is 1.72. The molecule has 0 radical (unpaired) electrons. The van der Waals surface area contributed by atoms with E-state index in [1.165, 1.54) is 0 Å². The highest BCUT2D eigenvalue weighted by atomic mass is 16.5. The van der Waals surface area contributed by atoms with E-state index < -0.39 is 0 Å².